The van der Waals surface area contributed by atoms with E-state index in [0.717, 1.165) is 11.8 Å². The van der Waals surface area contributed by atoms with Gasteiger partial charge in [0.15, 0.2) is 5.76 Å². The third kappa shape index (κ3) is 5.74. The van der Waals surface area contributed by atoms with Gasteiger partial charge in [-0.15, -0.1) is 11.8 Å². The molecule has 2 aliphatic rings. The summed E-state index contributed by atoms with van der Waals surface area (Å²) in [5.41, 5.74) is 5.02. The molecular weight excluding hydrogens is 488 g/mol. The van der Waals surface area contributed by atoms with E-state index in [9.17, 15) is 24.0 Å². The minimum absolute atomic E-state index is 0.0458. The van der Waals surface area contributed by atoms with Gasteiger partial charge in [0, 0.05) is 25.2 Å². The maximum Gasteiger partial charge on any atom is 0.404 e. The highest BCUT2D eigenvalue weighted by atomic mass is 32.2. The summed E-state index contributed by atoms with van der Waals surface area (Å²) in [5, 5.41) is 5.42. The van der Waals surface area contributed by atoms with Gasteiger partial charge in [-0.25, -0.2) is 9.59 Å². The molecule has 0 radical (unpaired) electrons. The summed E-state index contributed by atoms with van der Waals surface area (Å²) < 4.78 is 19.9. The number of carbonyl (C=O) groups excluding carboxylic acids is 5. The number of amidine groups is 1. The number of nitrogens with zero attached hydrogens (tertiary/aromatic N) is 2. The van der Waals surface area contributed by atoms with Crippen molar-refractivity contribution in [3.8, 4) is 0 Å². The number of ether oxygens (including phenoxy) is 3. The van der Waals surface area contributed by atoms with E-state index in [4.69, 9.17) is 29.2 Å². The molecule has 15 heteroatoms. The first-order chi connectivity index (χ1) is 16.6. The molecule has 1 fully saturated rings. The molecule has 0 bridgehead atoms. The molecule has 14 nitrogen and oxygen atoms in total. The standard InChI is InChI=1S/C20H22N4O10S/c1-9(25)33-10(2)34-19(28)14-11(7-32-20(21)29)8-35-18-13(17(27)24(14)18)16(26)22-15(23-30-3)12-5-4-6-31-12/h4-6,10,13,18H,7-8H2,1-3H3,(H2,21,29)(H,22,23,26). The number of oxime groups is 1. The Hall–Kier alpha value is -4.01. The Bertz CT molecular complexity index is 1080. The van der Waals surface area contributed by atoms with Crippen molar-refractivity contribution in [2.75, 3.05) is 19.5 Å². The molecule has 1 aromatic heterocycles. The topological polar surface area (TPSA) is 189 Å². The Labute approximate surface area is 202 Å². The van der Waals surface area contributed by atoms with Gasteiger partial charge < -0.3 is 34.5 Å². The number of primary amides is 1. The fourth-order valence-electron chi connectivity index (χ4n) is 3.34. The van der Waals surface area contributed by atoms with Gasteiger partial charge in [-0.3, -0.25) is 19.3 Å². The van der Waals surface area contributed by atoms with E-state index in [2.05, 4.69) is 10.5 Å². The van der Waals surface area contributed by atoms with Gasteiger partial charge >= 0.3 is 18.0 Å². The lowest BCUT2D eigenvalue weighted by Gasteiger charge is -2.48. The van der Waals surface area contributed by atoms with Crippen LogP contribution in [0, 0.1) is 5.92 Å². The molecule has 188 valence electrons. The molecule has 3 amide bonds. The Balaban J connectivity index is 1.81. The van der Waals surface area contributed by atoms with E-state index >= 15 is 0 Å². The predicted octanol–water partition coefficient (Wildman–Crippen LogP) is 0.0368. The minimum atomic E-state index is -1.25. The molecule has 1 aromatic rings. The van der Waals surface area contributed by atoms with E-state index in [-0.39, 0.29) is 35.2 Å². The number of carbonyl (C=O) groups is 5. The third-order valence-electron chi connectivity index (χ3n) is 4.70. The minimum Gasteiger partial charge on any atom is -0.461 e. The van der Waals surface area contributed by atoms with Crippen molar-refractivity contribution in [3.05, 3.63) is 35.4 Å². The lowest BCUT2D eigenvalue weighted by molar-refractivity contribution is -0.183. The van der Waals surface area contributed by atoms with Crippen LogP contribution in [0.2, 0.25) is 0 Å². The number of amides is 3. The highest BCUT2D eigenvalue weighted by molar-refractivity contribution is 8.00. The van der Waals surface area contributed by atoms with E-state index < -0.39 is 47.4 Å². The zero-order chi connectivity index (χ0) is 25.7. The van der Waals surface area contributed by atoms with Gasteiger partial charge in [0.1, 0.15) is 30.7 Å². The molecular formula is C20H22N4O10S. The van der Waals surface area contributed by atoms with Crippen LogP contribution in [0.25, 0.3) is 0 Å². The van der Waals surface area contributed by atoms with Crippen LogP contribution in [0.4, 0.5) is 4.79 Å². The van der Waals surface area contributed by atoms with Crippen molar-refractivity contribution >= 4 is 47.4 Å². The summed E-state index contributed by atoms with van der Waals surface area (Å²) in [6, 6.07) is 3.11. The number of nitrogens with two attached hydrogens (primary N) is 1. The van der Waals surface area contributed by atoms with E-state index in [0.29, 0.717) is 0 Å². The highest BCUT2D eigenvalue weighted by Gasteiger charge is 2.57. The molecule has 3 unspecified atom stereocenters. The summed E-state index contributed by atoms with van der Waals surface area (Å²) in [4.78, 5) is 66.8. The molecule has 3 heterocycles. The lowest BCUT2D eigenvalue weighted by atomic mass is 9.94. The Morgan fingerprint density at radius 1 is 1.34 bits per heavy atom. The molecule has 1 saturated heterocycles. The van der Waals surface area contributed by atoms with Gasteiger partial charge in [-0.1, -0.05) is 5.16 Å². The van der Waals surface area contributed by atoms with Crippen LogP contribution in [0.15, 0.2) is 39.2 Å². The van der Waals surface area contributed by atoms with Crippen molar-refractivity contribution in [2.45, 2.75) is 25.5 Å². The number of hydrogen-bond donors (Lipinski definition) is 2. The van der Waals surface area contributed by atoms with Gasteiger partial charge in [-0.05, 0) is 12.1 Å². The summed E-state index contributed by atoms with van der Waals surface area (Å²) in [6.45, 7) is 2.06. The molecule has 35 heavy (non-hydrogen) atoms. The first kappa shape index (κ1) is 25.6. The first-order valence-corrected chi connectivity index (χ1v) is 11.1. The highest BCUT2D eigenvalue weighted by Crippen LogP contribution is 2.44. The van der Waals surface area contributed by atoms with Gasteiger partial charge in [0.25, 0.3) is 0 Å². The number of fused-ring (bicyclic) bond motifs is 1. The van der Waals surface area contributed by atoms with Crippen LogP contribution in [-0.2, 0) is 38.2 Å². The molecule has 0 aromatic carbocycles. The van der Waals surface area contributed by atoms with E-state index in [1.54, 1.807) is 6.07 Å². The van der Waals surface area contributed by atoms with Gasteiger partial charge in [-0.2, -0.15) is 0 Å². The number of rotatable bonds is 8. The second kappa shape index (κ2) is 10.9. The zero-order valence-corrected chi connectivity index (χ0v) is 19.7. The van der Waals surface area contributed by atoms with Crippen molar-refractivity contribution in [3.63, 3.8) is 0 Å². The monoisotopic (exact) mass is 510 g/mol. The largest absolute Gasteiger partial charge is 0.461 e. The smallest absolute Gasteiger partial charge is 0.404 e. The Morgan fingerprint density at radius 3 is 2.69 bits per heavy atom. The van der Waals surface area contributed by atoms with E-state index in [1.165, 1.54) is 38.1 Å². The molecule has 0 spiro atoms. The number of nitrogens with one attached hydrogen (secondary N) is 1. The number of β-lactam (4-membered cyclic amide) rings is 1. The van der Waals surface area contributed by atoms with Crippen molar-refractivity contribution < 1.29 is 47.4 Å². The quantitative estimate of drug-likeness (QED) is 0.0913. The van der Waals surface area contributed by atoms with Crippen molar-refractivity contribution in [1.29, 1.82) is 0 Å². The fourth-order valence-corrected chi connectivity index (χ4v) is 4.73. The summed E-state index contributed by atoms with van der Waals surface area (Å²) in [7, 11) is 1.28. The normalized spacial score (nSPS) is 20.3. The summed E-state index contributed by atoms with van der Waals surface area (Å²) in [6.07, 6.45) is -0.967. The SMILES string of the molecule is CON=C(NC(=O)C1C(=O)N2C(C(=O)OC(C)OC(C)=O)=C(COC(N)=O)CSC12)c1ccco1. The summed E-state index contributed by atoms with van der Waals surface area (Å²) >= 11 is 1.17. The van der Waals surface area contributed by atoms with E-state index in [1.807, 2.05) is 0 Å². The average Bonchev–Trinajstić information content (AvgIpc) is 3.31. The maximum absolute atomic E-state index is 13.0. The second-order valence-corrected chi connectivity index (χ2v) is 8.22. The predicted molar refractivity (Wildman–Crippen MR) is 117 cm³/mol. The van der Waals surface area contributed by atoms with Crippen molar-refractivity contribution in [2.24, 2.45) is 16.8 Å². The number of thioether (sulfide) groups is 1. The maximum atomic E-state index is 13.0. The molecule has 0 saturated carbocycles. The number of hydrogen-bond acceptors (Lipinski definition) is 12. The van der Waals surface area contributed by atoms with Crippen LogP contribution < -0.4 is 11.1 Å². The molecule has 3 rings (SSSR count). The first-order valence-electron chi connectivity index (χ1n) is 10.1. The second-order valence-electron chi connectivity index (χ2n) is 7.12. The van der Waals surface area contributed by atoms with Crippen LogP contribution in [0.3, 0.4) is 0 Å². The van der Waals surface area contributed by atoms with Gasteiger partial charge in [0.05, 0.1) is 6.26 Å². The Kier molecular flexibility index (Phi) is 8.01. The van der Waals surface area contributed by atoms with Crippen LogP contribution in [0.5, 0.6) is 0 Å². The van der Waals surface area contributed by atoms with Crippen LogP contribution in [0.1, 0.15) is 19.6 Å². The number of furan rings is 1. The van der Waals surface area contributed by atoms with Crippen molar-refractivity contribution in [1.82, 2.24) is 10.2 Å². The molecule has 3 N–H and O–H groups in total. The molecule has 2 aliphatic heterocycles. The van der Waals surface area contributed by atoms with Crippen LogP contribution >= 0.6 is 11.8 Å². The number of esters is 2. The molecule has 3 atom stereocenters. The Morgan fingerprint density at radius 2 is 2.09 bits per heavy atom. The average molecular weight is 510 g/mol. The molecule has 0 aliphatic carbocycles. The third-order valence-corrected chi connectivity index (χ3v) is 6.04. The summed E-state index contributed by atoms with van der Waals surface area (Å²) in [5.74, 6) is -4.00. The fraction of sp³-hybridized carbons (Fsp3) is 0.400. The van der Waals surface area contributed by atoms with Gasteiger partial charge in [0.2, 0.25) is 23.9 Å². The van der Waals surface area contributed by atoms with Crippen LogP contribution in [-0.4, -0.2) is 71.7 Å². The lowest BCUT2D eigenvalue weighted by Crippen LogP contribution is -2.66. The zero-order valence-electron chi connectivity index (χ0n) is 18.8.